The van der Waals surface area contributed by atoms with E-state index >= 15 is 0 Å². The molecule has 0 saturated heterocycles. The van der Waals surface area contributed by atoms with Gasteiger partial charge in [-0.1, -0.05) is 13.8 Å². The molecule has 2 aromatic heterocycles. The first-order valence-electron chi connectivity index (χ1n) is 4.55. The Balaban J connectivity index is 2.81. The Morgan fingerprint density at radius 1 is 1.21 bits per heavy atom. The molecule has 0 unspecified atom stereocenters. The SMILES string of the molecule is CC(C)c1ncnc2c(N)nccc12. The predicted molar refractivity (Wildman–Crippen MR) is 55.8 cm³/mol. The summed E-state index contributed by atoms with van der Waals surface area (Å²) in [5, 5.41) is 0.995. The molecule has 0 aliphatic carbocycles. The van der Waals surface area contributed by atoms with Crippen LogP contribution in [0.2, 0.25) is 0 Å². The molecule has 2 heterocycles. The summed E-state index contributed by atoms with van der Waals surface area (Å²) in [6.45, 7) is 4.19. The third-order valence-electron chi connectivity index (χ3n) is 2.16. The van der Waals surface area contributed by atoms with E-state index < -0.39 is 0 Å². The van der Waals surface area contributed by atoms with Crippen molar-refractivity contribution in [2.45, 2.75) is 19.8 Å². The van der Waals surface area contributed by atoms with Crippen molar-refractivity contribution in [1.29, 1.82) is 0 Å². The largest absolute Gasteiger partial charge is 0.382 e. The first kappa shape index (κ1) is 8.87. The van der Waals surface area contributed by atoms with Crippen LogP contribution >= 0.6 is 0 Å². The van der Waals surface area contributed by atoms with Crippen LogP contribution in [0.5, 0.6) is 0 Å². The van der Waals surface area contributed by atoms with Gasteiger partial charge in [0.15, 0.2) is 0 Å². The number of hydrogen-bond acceptors (Lipinski definition) is 4. The summed E-state index contributed by atoms with van der Waals surface area (Å²) in [6, 6.07) is 1.90. The van der Waals surface area contributed by atoms with Crippen molar-refractivity contribution >= 4 is 16.7 Å². The zero-order valence-corrected chi connectivity index (χ0v) is 8.23. The van der Waals surface area contributed by atoms with Gasteiger partial charge < -0.3 is 5.73 Å². The van der Waals surface area contributed by atoms with Gasteiger partial charge in [0.1, 0.15) is 17.7 Å². The Bertz CT molecular complexity index is 465. The number of anilines is 1. The number of nitrogens with two attached hydrogens (primary N) is 1. The molecule has 0 aromatic carbocycles. The second-order valence-corrected chi connectivity index (χ2v) is 3.51. The van der Waals surface area contributed by atoms with E-state index in [1.165, 1.54) is 6.33 Å². The Hall–Kier alpha value is -1.71. The lowest BCUT2D eigenvalue weighted by Crippen LogP contribution is -1.99. The lowest BCUT2D eigenvalue weighted by molar-refractivity contribution is 0.828. The van der Waals surface area contributed by atoms with Gasteiger partial charge in [0.25, 0.3) is 0 Å². The van der Waals surface area contributed by atoms with E-state index in [4.69, 9.17) is 5.73 Å². The first-order valence-corrected chi connectivity index (χ1v) is 4.55. The summed E-state index contributed by atoms with van der Waals surface area (Å²) in [5.41, 5.74) is 7.48. The molecule has 0 fully saturated rings. The number of rotatable bonds is 1. The Morgan fingerprint density at radius 2 is 2.00 bits per heavy atom. The maximum absolute atomic E-state index is 5.72. The van der Waals surface area contributed by atoms with Crippen LogP contribution in [0.3, 0.4) is 0 Å². The van der Waals surface area contributed by atoms with Gasteiger partial charge >= 0.3 is 0 Å². The van der Waals surface area contributed by atoms with Crippen LogP contribution in [0.25, 0.3) is 10.9 Å². The van der Waals surface area contributed by atoms with Crippen LogP contribution in [-0.2, 0) is 0 Å². The highest BCUT2D eigenvalue weighted by Gasteiger charge is 2.08. The van der Waals surface area contributed by atoms with Crippen molar-refractivity contribution in [1.82, 2.24) is 15.0 Å². The van der Waals surface area contributed by atoms with Crippen molar-refractivity contribution in [3.63, 3.8) is 0 Å². The third-order valence-corrected chi connectivity index (χ3v) is 2.16. The fraction of sp³-hybridized carbons (Fsp3) is 0.300. The average molecular weight is 188 g/mol. The minimum atomic E-state index is 0.363. The van der Waals surface area contributed by atoms with Crippen LogP contribution in [0, 0.1) is 0 Å². The fourth-order valence-corrected chi connectivity index (χ4v) is 1.49. The van der Waals surface area contributed by atoms with E-state index in [1.54, 1.807) is 6.20 Å². The molecule has 0 aliphatic heterocycles. The van der Waals surface area contributed by atoms with E-state index in [0.717, 1.165) is 16.6 Å². The van der Waals surface area contributed by atoms with Crippen molar-refractivity contribution in [3.05, 3.63) is 24.3 Å². The van der Waals surface area contributed by atoms with Crippen LogP contribution in [0.1, 0.15) is 25.5 Å². The van der Waals surface area contributed by atoms with Crippen LogP contribution in [0.4, 0.5) is 5.82 Å². The van der Waals surface area contributed by atoms with Gasteiger partial charge in [-0.15, -0.1) is 0 Å². The quantitative estimate of drug-likeness (QED) is 0.740. The van der Waals surface area contributed by atoms with Crippen LogP contribution in [-0.4, -0.2) is 15.0 Å². The highest BCUT2D eigenvalue weighted by molar-refractivity contribution is 5.88. The summed E-state index contributed by atoms with van der Waals surface area (Å²) in [4.78, 5) is 12.4. The molecule has 4 heteroatoms. The maximum atomic E-state index is 5.72. The normalized spacial score (nSPS) is 11.1. The molecule has 0 spiro atoms. The number of fused-ring (bicyclic) bond motifs is 1. The molecular weight excluding hydrogens is 176 g/mol. The summed E-state index contributed by atoms with van der Waals surface area (Å²) >= 11 is 0. The molecule has 2 N–H and O–H groups in total. The third kappa shape index (κ3) is 1.28. The second-order valence-electron chi connectivity index (χ2n) is 3.51. The van der Waals surface area contributed by atoms with Gasteiger partial charge in [0, 0.05) is 11.6 Å². The standard InChI is InChI=1S/C10H12N4/c1-6(2)8-7-3-4-12-10(11)9(7)14-5-13-8/h3-6H,1-2H3,(H2,11,12). The highest BCUT2D eigenvalue weighted by Crippen LogP contribution is 2.23. The molecule has 0 radical (unpaired) electrons. The van der Waals surface area contributed by atoms with Gasteiger partial charge in [0.2, 0.25) is 0 Å². The van der Waals surface area contributed by atoms with Gasteiger partial charge in [-0.2, -0.15) is 0 Å². The highest BCUT2D eigenvalue weighted by atomic mass is 14.9. The molecule has 0 atom stereocenters. The Kier molecular flexibility index (Phi) is 2.04. The van der Waals surface area contributed by atoms with Crippen LogP contribution in [0.15, 0.2) is 18.6 Å². The second kappa shape index (κ2) is 3.21. The zero-order chi connectivity index (χ0) is 10.1. The summed E-state index contributed by atoms with van der Waals surface area (Å²) in [7, 11) is 0. The van der Waals surface area contributed by atoms with Gasteiger partial charge in [-0.25, -0.2) is 15.0 Å². The molecule has 14 heavy (non-hydrogen) atoms. The number of aromatic nitrogens is 3. The molecular formula is C10H12N4. The van der Waals surface area contributed by atoms with Gasteiger partial charge in [-0.05, 0) is 12.0 Å². The number of pyridine rings is 1. The van der Waals surface area contributed by atoms with Crippen molar-refractivity contribution in [2.75, 3.05) is 5.73 Å². The van der Waals surface area contributed by atoms with Crippen molar-refractivity contribution in [3.8, 4) is 0 Å². The summed E-state index contributed by atoms with van der Waals surface area (Å²) in [6.07, 6.45) is 3.22. The topological polar surface area (TPSA) is 64.7 Å². The minimum absolute atomic E-state index is 0.363. The monoisotopic (exact) mass is 188 g/mol. The van der Waals surface area contributed by atoms with E-state index in [0.29, 0.717) is 11.7 Å². The molecule has 2 aromatic rings. The summed E-state index contributed by atoms with van der Waals surface area (Å²) in [5.74, 6) is 0.828. The van der Waals surface area contributed by atoms with Gasteiger partial charge in [0.05, 0.1) is 5.69 Å². The molecule has 0 saturated carbocycles. The fourth-order valence-electron chi connectivity index (χ4n) is 1.49. The molecule has 4 nitrogen and oxygen atoms in total. The van der Waals surface area contributed by atoms with Crippen molar-refractivity contribution in [2.24, 2.45) is 0 Å². The Morgan fingerprint density at radius 3 is 2.71 bits per heavy atom. The first-order chi connectivity index (χ1) is 6.70. The molecule has 0 amide bonds. The lowest BCUT2D eigenvalue weighted by Gasteiger charge is -2.07. The van der Waals surface area contributed by atoms with Crippen molar-refractivity contribution < 1.29 is 0 Å². The predicted octanol–water partition coefficient (Wildman–Crippen LogP) is 1.73. The van der Waals surface area contributed by atoms with E-state index in [1.807, 2.05) is 6.07 Å². The van der Waals surface area contributed by atoms with E-state index in [2.05, 4.69) is 28.8 Å². The molecule has 0 bridgehead atoms. The van der Waals surface area contributed by atoms with Crippen LogP contribution < -0.4 is 5.73 Å². The molecule has 2 rings (SSSR count). The molecule has 72 valence electrons. The Labute approximate surface area is 82.2 Å². The minimum Gasteiger partial charge on any atom is -0.382 e. The number of nitrogen functional groups attached to an aromatic ring is 1. The van der Waals surface area contributed by atoms with Gasteiger partial charge in [-0.3, -0.25) is 0 Å². The molecule has 0 aliphatic rings. The number of nitrogens with zero attached hydrogens (tertiary/aromatic N) is 3. The smallest absolute Gasteiger partial charge is 0.150 e. The lowest BCUT2D eigenvalue weighted by atomic mass is 10.1. The average Bonchev–Trinajstić information content (AvgIpc) is 2.17. The zero-order valence-electron chi connectivity index (χ0n) is 8.23. The maximum Gasteiger partial charge on any atom is 0.150 e. The number of hydrogen-bond donors (Lipinski definition) is 1. The summed E-state index contributed by atoms with van der Waals surface area (Å²) < 4.78 is 0. The van der Waals surface area contributed by atoms with E-state index in [-0.39, 0.29) is 0 Å². The van der Waals surface area contributed by atoms with E-state index in [9.17, 15) is 0 Å².